The number of rotatable bonds is 15. The number of phenolic OH excluding ortho intramolecular Hbond substituents is 2. The Hall–Kier alpha value is -2.14. The van der Waals surface area contributed by atoms with Crippen LogP contribution in [-0.4, -0.2) is 27.0 Å². The molecule has 4 nitrogen and oxygen atoms in total. The third-order valence-electron chi connectivity index (χ3n) is 8.00. The summed E-state index contributed by atoms with van der Waals surface area (Å²) in [6.07, 6.45) is 13.0. The van der Waals surface area contributed by atoms with Gasteiger partial charge in [0.1, 0.15) is 11.5 Å². The molecular formula is C31H44O4S. The minimum absolute atomic E-state index is 0.0270. The average Bonchev–Trinajstić information content (AvgIpc) is 2.86. The zero-order valence-corrected chi connectivity index (χ0v) is 22.9. The predicted octanol–water partition coefficient (Wildman–Crippen LogP) is 8.65. The largest absolute Gasteiger partial charge is 0.508 e. The van der Waals surface area contributed by atoms with Crippen LogP contribution in [0.4, 0.5) is 0 Å². The lowest BCUT2D eigenvalue weighted by molar-refractivity contribution is -0.142. The Balaban J connectivity index is 1.48. The van der Waals surface area contributed by atoms with Gasteiger partial charge in [0, 0.05) is 16.1 Å². The maximum atomic E-state index is 11.4. The van der Waals surface area contributed by atoms with Crippen LogP contribution < -0.4 is 0 Å². The number of benzene rings is 2. The molecule has 0 fully saturated rings. The summed E-state index contributed by atoms with van der Waals surface area (Å²) in [5.74, 6) is 1.16. The topological polar surface area (TPSA) is 77.8 Å². The molecule has 2 aromatic rings. The van der Waals surface area contributed by atoms with E-state index in [1.54, 1.807) is 12.1 Å². The molecule has 0 aliphatic carbocycles. The Morgan fingerprint density at radius 2 is 1.53 bits per heavy atom. The molecule has 1 aliphatic rings. The number of fused-ring (bicyclic) bond motifs is 1. The Bertz CT molecular complexity index is 958. The molecule has 0 saturated heterocycles. The lowest BCUT2D eigenvalue weighted by Gasteiger charge is -2.43. The SMILES string of the molecule is CCCCC(CCCCCCCCC[C@@H]1c2ccc(O)cc2SC[C@]1(C)c1ccc(O)cc1)C(=O)O. The Morgan fingerprint density at radius 3 is 2.19 bits per heavy atom. The van der Waals surface area contributed by atoms with E-state index in [2.05, 4.69) is 32.0 Å². The van der Waals surface area contributed by atoms with Crippen LogP contribution in [0.15, 0.2) is 47.4 Å². The minimum atomic E-state index is -0.624. The molecule has 0 saturated carbocycles. The Labute approximate surface area is 221 Å². The van der Waals surface area contributed by atoms with Gasteiger partial charge in [-0.2, -0.15) is 0 Å². The summed E-state index contributed by atoms with van der Waals surface area (Å²) in [5, 5.41) is 29.2. The van der Waals surface area contributed by atoms with Crippen molar-refractivity contribution in [2.75, 3.05) is 5.75 Å². The van der Waals surface area contributed by atoms with Gasteiger partial charge in [-0.05, 0) is 60.6 Å². The Morgan fingerprint density at radius 1 is 0.917 bits per heavy atom. The predicted molar refractivity (Wildman–Crippen MR) is 149 cm³/mol. The molecule has 36 heavy (non-hydrogen) atoms. The summed E-state index contributed by atoms with van der Waals surface area (Å²) < 4.78 is 0. The van der Waals surface area contributed by atoms with Crippen molar-refractivity contribution < 1.29 is 20.1 Å². The van der Waals surface area contributed by atoms with Crippen LogP contribution in [0.3, 0.4) is 0 Å². The van der Waals surface area contributed by atoms with E-state index in [0.717, 1.165) is 50.7 Å². The van der Waals surface area contributed by atoms with Gasteiger partial charge in [0.25, 0.3) is 0 Å². The van der Waals surface area contributed by atoms with Crippen molar-refractivity contribution >= 4 is 17.7 Å². The number of carbonyl (C=O) groups is 1. The molecule has 1 heterocycles. The van der Waals surface area contributed by atoms with E-state index in [1.807, 2.05) is 23.9 Å². The van der Waals surface area contributed by atoms with Crippen molar-refractivity contribution in [1.29, 1.82) is 0 Å². The first-order valence-electron chi connectivity index (χ1n) is 13.8. The van der Waals surface area contributed by atoms with Gasteiger partial charge in [0.2, 0.25) is 0 Å². The van der Waals surface area contributed by atoms with Crippen molar-refractivity contribution in [3.05, 3.63) is 53.6 Å². The highest BCUT2D eigenvalue weighted by Crippen LogP contribution is 2.52. The van der Waals surface area contributed by atoms with Gasteiger partial charge in [0.15, 0.2) is 0 Å². The van der Waals surface area contributed by atoms with E-state index < -0.39 is 5.97 Å². The molecule has 198 valence electrons. The molecule has 2 aromatic carbocycles. The number of thioether (sulfide) groups is 1. The van der Waals surface area contributed by atoms with Crippen molar-refractivity contribution in [3.63, 3.8) is 0 Å². The van der Waals surface area contributed by atoms with Crippen LogP contribution in [0.1, 0.15) is 108 Å². The molecule has 3 atom stereocenters. The first kappa shape index (κ1) is 28.4. The van der Waals surface area contributed by atoms with Crippen LogP contribution in [0, 0.1) is 5.92 Å². The number of aromatic hydroxyl groups is 2. The number of carboxylic acid groups (broad SMARTS) is 1. The second-order valence-electron chi connectivity index (χ2n) is 10.8. The summed E-state index contributed by atoms with van der Waals surface area (Å²) in [6, 6.07) is 13.5. The molecule has 3 rings (SSSR count). The monoisotopic (exact) mass is 512 g/mol. The first-order chi connectivity index (χ1) is 17.3. The normalized spacial score (nSPS) is 20.1. The van der Waals surface area contributed by atoms with Gasteiger partial charge in [-0.1, -0.05) is 89.8 Å². The van der Waals surface area contributed by atoms with Crippen molar-refractivity contribution in [2.24, 2.45) is 5.92 Å². The van der Waals surface area contributed by atoms with Crippen molar-refractivity contribution in [2.45, 2.75) is 107 Å². The number of hydrogen-bond acceptors (Lipinski definition) is 4. The maximum absolute atomic E-state index is 11.4. The third-order valence-corrected chi connectivity index (χ3v) is 9.41. The Kier molecular flexibility index (Phi) is 11.0. The van der Waals surface area contributed by atoms with Gasteiger partial charge >= 0.3 is 5.97 Å². The molecule has 0 bridgehead atoms. The molecule has 0 amide bonds. The highest BCUT2D eigenvalue weighted by Gasteiger charge is 2.41. The fraction of sp³-hybridized carbons (Fsp3) is 0.581. The zero-order chi connectivity index (χ0) is 26.0. The van der Waals surface area contributed by atoms with Gasteiger partial charge in [-0.15, -0.1) is 11.8 Å². The number of aliphatic carboxylic acids is 1. The number of phenols is 2. The van der Waals surface area contributed by atoms with Gasteiger partial charge in [-0.3, -0.25) is 4.79 Å². The lowest BCUT2D eigenvalue weighted by Crippen LogP contribution is -2.36. The van der Waals surface area contributed by atoms with Crippen LogP contribution in [0.25, 0.3) is 0 Å². The number of unbranched alkanes of at least 4 members (excludes halogenated alkanes) is 7. The van der Waals surface area contributed by atoms with Crippen molar-refractivity contribution in [1.82, 2.24) is 0 Å². The maximum Gasteiger partial charge on any atom is 0.306 e. The molecule has 3 N–H and O–H groups in total. The molecule has 1 aliphatic heterocycles. The quantitative estimate of drug-likeness (QED) is 0.208. The van der Waals surface area contributed by atoms with Crippen LogP contribution in [0.2, 0.25) is 0 Å². The van der Waals surface area contributed by atoms with Gasteiger partial charge in [0.05, 0.1) is 5.92 Å². The van der Waals surface area contributed by atoms with Gasteiger partial charge < -0.3 is 15.3 Å². The highest BCUT2D eigenvalue weighted by atomic mass is 32.2. The molecule has 1 unspecified atom stereocenters. The molecule has 5 heteroatoms. The van der Waals surface area contributed by atoms with Crippen molar-refractivity contribution in [3.8, 4) is 11.5 Å². The first-order valence-corrected chi connectivity index (χ1v) is 14.8. The molecular weight excluding hydrogens is 468 g/mol. The van der Waals surface area contributed by atoms with Crippen LogP contribution in [0.5, 0.6) is 11.5 Å². The standard InChI is InChI=1S/C31H44O4S/c1-3-4-12-23(30(34)35)13-10-8-6-5-7-9-11-14-28-27-20-19-26(33)21-29(27)36-22-31(28,2)24-15-17-25(32)18-16-24/h15-21,23,28,32-33H,3-14,22H2,1-2H3,(H,34,35)/t23?,28-,31-/m1/s1. The fourth-order valence-corrected chi connectivity index (χ4v) is 7.08. The summed E-state index contributed by atoms with van der Waals surface area (Å²) in [4.78, 5) is 12.6. The van der Waals surface area contributed by atoms with Crippen LogP contribution >= 0.6 is 11.8 Å². The summed E-state index contributed by atoms with van der Waals surface area (Å²) >= 11 is 1.82. The third kappa shape index (κ3) is 7.68. The highest BCUT2D eigenvalue weighted by molar-refractivity contribution is 7.99. The molecule has 0 radical (unpaired) electrons. The zero-order valence-electron chi connectivity index (χ0n) is 22.0. The second-order valence-corrected chi connectivity index (χ2v) is 11.8. The summed E-state index contributed by atoms with van der Waals surface area (Å²) in [6.45, 7) is 4.46. The van der Waals surface area contributed by atoms with E-state index in [0.29, 0.717) is 17.4 Å². The van der Waals surface area contributed by atoms with E-state index in [4.69, 9.17) is 0 Å². The number of carboxylic acids is 1. The van der Waals surface area contributed by atoms with E-state index >= 15 is 0 Å². The molecule has 0 aromatic heterocycles. The summed E-state index contributed by atoms with van der Waals surface area (Å²) in [5.41, 5.74) is 2.56. The lowest BCUT2D eigenvalue weighted by atomic mass is 9.68. The molecule has 0 spiro atoms. The van der Waals surface area contributed by atoms with E-state index in [1.165, 1.54) is 48.1 Å². The van der Waals surface area contributed by atoms with Gasteiger partial charge in [-0.25, -0.2) is 0 Å². The van der Waals surface area contributed by atoms with E-state index in [9.17, 15) is 20.1 Å². The second kappa shape index (κ2) is 14.0. The smallest absolute Gasteiger partial charge is 0.306 e. The van der Waals surface area contributed by atoms with Crippen LogP contribution in [-0.2, 0) is 10.2 Å². The van der Waals surface area contributed by atoms with E-state index in [-0.39, 0.29) is 11.3 Å². The fourth-order valence-electron chi connectivity index (χ4n) is 5.67. The number of hydrogen-bond donors (Lipinski definition) is 3. The average molecular weight is 513 g/mol. The minimum Gasteiger partial charge on any atom is -0.508 e. The summed E-state index contributed by atoms with van der Waals surface area (Å²) in [7, 11) is 0.